The molecular formula is C56H33N5S. The lowest BCUT2D eigenvalue weighted by atomic mass is 9.90. The normalized spacial score (nSPS) is 11.9. The van der Waals surface area contributed by atoms with Crippen LogP contribution in [0.2, 0.25) is 0 Å². The van der Waals surface area contributed by atoms with Crippen molar-refractivity contribution in [3.63, 3.8) is 0 Å². The maximum absolute atomic E-state index is 5.22. The lowest BCUT2D eigenvalue weighted by Crippen LogP contribution is -2.00. The third-order valence-electron chi connectivity index (χ3n) is 12.2. The maximum Gasteiger partial charge on any atom is 0.164 e. The molecular weight excluding hydrogens is 775 g/mol. The number of hydrogen-bond acceptors (Lipinski definition) is 5. The monoisotopic (exact) mass is 807 g/mol. The van der Waals surface area contributed by atoms with E-state index >= 15 is 0 Å². The second-order valence-electron chi connectivity index (χ2n) is 15.8. The van der Waals surface area contributed by atoms with Gasteiger partial charge in [-0.3, -0.25) is 4.40 Å². The van der Waals surface area contributed by atoms with Crippen LogP contribution in [0.4, 0.5) is 0 Å². The second kappa shape index (κ2) is 13.7. The SMILES string of the molecule is c1ccc(-c2nc(-c3ccccc3)nc(-c3cc(-c4ccc5sc6c7ccccc7c7nc8ccccc8n7c6c5c4)cc(-c4cc5ccccc5c5ccccc45)c3)n2)cc1. The van der Waals surface area contributed by atoms with Gasteiger partial charge in [0.15, 0.2) is 17.5 Å². The molecule has 5 nitrogen and oxygen atoms in total. The summed E-state index contributed by atoms with van der Waals surface area (Å²) in [5.41, 5.74) is 11.5. The summed E-state index contributed by atoms with van der Waals surface area (Å²) >= 11 is 1.85. The van der Waals surface area contributed by atoms with Crippen LogP contribution >= 0.6 is 11.3 Å². The number of para-hydroxylation sites is 2. The zero-order valence-corrected chi connectivity index (χ0v) is 34.0. The van der Waals surface area contributed by atoms with Crippen molar-refractivity contribution >= 4 is 80.6 Å². The van der Waals surface area contributed by atoms with Crippen molar-refractivity contribution in [3.05, 3.63) is 200 Å². The molecule has 13 rings (SSSR count). The quantitative estimate of drug-likeness (QED) is 0.163. The molecule has 0 spiro atoms. The maximum atomic E-state index is 5.22. The predicted molar refractivity (Wildman–Crippen MR) is 259 cm³/mol. The van der Waals surface area contributed by atoms with E-state index in [0.29, 0.717) is 17.5 Å². The minimum Gasteiger partial charge on any atom is -0.290 e. The molecule has 0 amide bonds. The molecule has 0 unspecified atom stereocenters. The van der Waals surface area contributed by atoms with Crippen molar-refractivity contribution in [2.45, 2.75) is 0 Å². The number of nitrogens with zero attached hydrogens (tertiary/aromatic N) is 5. The molecule has 0 saturated heterocycles. The van der Waals surface area contributed by atoms with E-state index in [0.717, 1.165) is 61.0 Å². The summed E-state index contributed by atoms with van der Waals surface area (Å²) in [7, 11) is 0. The minimum atomic E-state index is 0.617. The number of hydrogen-bond donors (Lipinski definition) is 0. The molecule has 0 atom stereocenters. The Hall–Kier alpha value is -8.06. The molecule has 0 aliphatic carbocycles. The summed E-state index contributed by atoms with van der Waals surface area (Å²) in [5.74, 6) is 1.88. The number of benzene rings is 9. The Labute approximate surface area is 359 Å². The summed E-state index contributed by atoms with van der Waals surface area (Å²) in [5, 5.41) is 8.43. The van der Waals surface area contributed by atoms with Crippen LogP contribution in [-0.2, 0) is 0 Å². The summed E-state index contributed by atoms with van der Waals surface area (Å²) in [6.07, 6.45) is 0. The number of rotatable bonds is 5. The van der Waals surface area contributed by atoms with E-state index < -0.39 is 0 Å². The molecule has 0 saturated carbocycles. The Balaban J connectivity index is 1.11. The number of pyridine rings is 1. The van der Waals surface area contributed by atoms with Crippen LogP contribution in [0.25, 0.3) is 126 Å². The van der Waals surface area contributed by atoms with E-state index in [1.807, 2.05) is 47.7 Å². The van der Waals surface area contributed by atoms with Gasteiger partial charge in [0.2, 0.25) is 0 Å². The van der Waals surface area contributed by atoms with Crippen LogP contribution < -0.4 is 0 Å². The number of fused-ring (bicyclic) bond motifs is 13. The van der Waals surface area contributed by atoms with E-state index in [1.165, 1.54) is 47.2 Å². The highest BCUT2D eigenvalue weighted by Crippen LogP contribution is 2.44. The highest BCUT2D eigenvalue weighted by atomic mass is 32.1. The third kappa shape index (κ3) is 5.47. The van der Waals surface area contributed by atoms with Crippen molar-refractivity contribution in [2.24, 2.45) is 0 Å². The Morgan fingerprint density at radius 3 is 1.69 bits per heavy atom. The van der Waals surface area contributed by atoms with Gasteiger partial charge in [-0.1, -0.05) is 152 Å². The predicted octanol–water partition coefficient (Wildman–Crippen LogP) is 14.8. The van der Waals surface area contributed by atoms with Crippen molar-refractivity contribution in [1.29, 1.82) is 0 Å². The van der Waals surface area contributed by atoms with Crippen molar-refractivity contribution in [3.8, 4) is 56.4 Å². The Kier molecular flexibility index (Phi) is 7.71. The zero-order valence-electron chi connectivity index (χ0n) is 33.2. The minimum absolute atomic E-state index is 0.617. The molecule has 0 bridgehead atoms. The van der Waals surface area contributed by atoms with Gasteiger partial charge in [-0.2, -0.15) is 0 Å². The van der Waals surface area contributed by atoms with Crippen LogP contribution in [0.15, 0.2) is 200 Å². The zero-order chi connectivity index (χ0) is 40.7. The Morgan fingerprint density at radius 1 is 0.355 bits per heavy atom. The fourth-order valence-corrected chi connectivity index (χ4v) is 10.5. The van der Waals surface area contributed by atoms with Gasteiger partial charge < -0.3 is 0 Å². The van der Waals surface area contributed by atoms with Crippen LogP contribution in [0.3, 0.4) is 0 Å². The largest absolute Gasteiger partial charge is 0.290 e. The van der Waals surface area contributed by atoms with Crippen molar-refractivity contribution in [1.82, 2.24) is 24.3 Å². The highest BCUT2D eigenvalue weighted by Gasteiger charge is 2.20. The van der Waals surface area contributed by atoms with Gasteiger partial charge in [-0.05, 0) is 92.3 Å². The lowest BCUT2D eigenvalue weighted by molar-refractivity contribution is 1.07. The summed E-state index contributed by atoms with van der Waals surface area (Å²) in [6, 6.07) is 71.0. The number of imidazole rings is 1. The Bertz CT molecular complexity index is 3870. The van der Waals surface area contributed by atoms with Crippen LogP contribution in [0.1, 0.15) is 0 Å². The van der Waals surface area contributed by atoms with Gasteiger partial charge in [0.05, 0.1) is 21.3 Å². The summed E-state index contributed by atoms with van der Waals surface area (Å²) < 4.78 is 4.86. The summed E-state index contributed by atoms with van der Waals surface area (Å²) in [4.78, 5) is 20.7. The fourth-order valence-electron chi connectivity index (χ4n) is 9.29. The first kappa shape index (κ1) is 34.8. The fraction of sp³-hybridized carbons (Fsp3) is 0. The molecule has 0 radical (unpaired) electrons. The highest BCUT2D eigenvalue weighted by molar-refractivity contribution is 7.26. The number of thiophene rings is 1. The first-order chi connectivity index (χ1) is 30.7. The van der Waals surface area contributed by atoms with E-state index in [2.05, 4.69) is 168 Å². The average molecular weight is 808 g/mol. The van der Waals surface area contributed by atoms with Crippen LogP contribution in [0.5, 0.6) is 0 Å². The van der Waals surface area contributed by atoms with Gasteiger partial charge in [0.1, 0.15) is 5.65 Å². The Morgan fingerprint density at radius 2 is 0.935 bits per heavy atom. The van der Waals surface area contributed by atoms with E-state index in [9.17, 15) is 0 Å². The van der Waals surface area contributed by atoms with E-state index in [4.69, 9.17) is 19.9 Å². The standard InChI is InChI=1S/C56H33N5S/c1-3-15-34(16-4-1)53-58-54(35-17-5-2-6-18-35)60-55(59-53)40-30-38(29-39(31-40)46-33-37-19-7-8-20-41(37)42-21-9-10-22-43(42)46)36-27-28-50-47(32-36)51-52(62-50)44-23-11-12-24-45(44)56-57-48-25-13-14-26-49(48)61(51)56/h1-33H. The molecule has 0 aliphatic rings. The first-order valence-corrected chi connectivity index (χ1v) is 21.6. The molecule has 6 heteroatoms. The van der Waals surface area contributed by atoms with Gasteiger partial charge in [-0.15, -0.1) is 11.3 Å². The van der Waals surface area contributed by atoms with E-state index in [1.54, 1.807) is 0 Å². The molecule has 9 aromatic carbocycles. The van der Waals surface area contributed by atoms with Gasteiger partial charge >= 0.3 is 0 Å². The van der Waals surface area contributed by atoms with Crippen LogP contribution in [-0.4, -0.2) is 24.3 Å². The lowest BCUT2D eigenvalue weighted by Gasteiger charge is -2.15. The molecule has 0 fully saturated rings. The topological polar surface area (TPSA) is 56.0 Å². The van der Waals surface area contributed by atoms with Gasteiger partial charge in [-0.25, -0.2) is 19.9 Å². The molecule has 62 heavy (non-hydrogen) atoms. The smallest absolute Gasteiger partial charge is 0.164 e. The van der Waals surface area contributed by atoms with Gasteiger partial charge in [0.25, 0.3) is 0 Å². The summed E-state index contributed by atoms with van der Waals surface area (Å²) in [6.45, 7) is 0. The second-order valence-corrected chi connectivity index (χ2v) is 16.9. The first-order valence-electron chi connectivity index (χ1n) is 20.8. The molecule has 4 aromatic heterocycles. The molecule has 0 N–H and O–H groups in total. The van der Waals surface area contributed by atoms with Crippen molar-refractivity contribution < 1.29 is 0 Å². The van der Waals surface area contributed by atoms with Crippen molar-refractivity contribution in [2.75, 3.05) is 0 Å². The third-order valence-corrected chi connectivity index (χ3v) is 13.4. The van der Waals surface area contributed by atoms with E-state index in [-0.39, 0.29) is 0 Å². The molecule has 0 aliphatic heterocycles. The molecule has 13 aromatic rings. The van der Waals surface area contributed by atoms with Crippen LogP contribution in [0, 0.1) is 0 Å². The average Bonchev–Trinajstić information content (AvgIpc) is 3.93. The number of aromatic nitrogens is 5. The molecule has 288 valence electrons. The van der Waals surface area contributed by atoms with Gasteiger partial charge in [0, 0.05) is 37.5 Å². The molecule has 4 heterocycles.